The van der Waals surface area contributed by atoms with Crippen LogP contribution in [0.1, 0.15) is 89.3 Å². The molecule has 196 valence electrons. The smallest absolute Gasteiger partial charge is 0.266 e. The van der Waals surface area contributed by atoms with Crippen LogP contribution in [-0.4, -0.2) is 26.2 Å². The summed E-state index contributed by atoms with van der Waals surface area (Å²) in [6, 6.07) is 15.0. The number of fused-ring (bicyclic) bond motifs is 1. The third-order valence-corrected chi connectivity index (χ3v) is 7.18. The van der Waals surface area contributed by atoms with Gasteiger partial charge in [0.15, 0.2) is 0 Å². The van der Waals surface area contributed by atoms with Crippen LogP contribution in [0.25, 0.3) is 16.6 Å². The molecule has 6 heteroatoms. The van der Waals surface area contributed by atoms with Crippen molar-refractivity contribution in [3.8, 4) is 11.4 Å². The number of benzene rings is 2. The second-order valence-electron chi connectivity index (χ2n) is 9.83. The van der Waals surface area contributed by atoms with Crippen LogP contribution in [0.3, 0.4) is 0 Å². The first kappa shape index (κ1) is 26.6. The van der Waals surface area contributed by atoms with Crippen molar-refractivity contribution < 1.29 is 4.74 Å². The highest BCUT2D eigenvalue weighted by Gasteiger charge is 2.21. The van der Waals surface area contributed by atoms with Crippen LogP contribution in [0.5, 0.6) is 5.75 Å². The van der Waals surface area contributed by atoms with E-state index in [9.17, 15) is 4.79 Å². The summed E-state index contributed by atoms with van der Waals surface area (Å²) in [7, 11) is 1.64. The normalized spacial score (nSPS) is 12.2. The topological polar surface area (TPSA) is 61.9 Å². The summed E-state index contributed by atoms with van der Waals surface area (Å²) in [6.07, 6.45) is 16.5. The van der Waals surface area contributed by atoms with E-state index in [1.807, 2.05) is 60.9 Å². The third-order valence-electron chi connectivity index (χ3n) is 7.18. The van der Waals surface area contributed by atoms with Crippen molar-refractivity contribution in [1.82, 2.24) is 19.1 Å². The molecule has 0 saturated carbocycles. The van der Waals surface area contributed by atoms with Gasteiger partial charge < -0.3 is 9.30 Å². The van der Waals surface area contributed by atoms with E-state index in [1.54, 1.807) is 11.7 Å². The molecule has 0 saturated heterocycles. The molecule has 37 heavy (non-hydrogen) atoms. The molecule has 0 aliphatic heterocycles. The SMILES string of the molecule is CCCCCCCCCCCc1nccn1C(C)c1nc2ccccc2c(=O)n1-c1ccc(OC)cc1. The highest BCUT2D eigenvalue weighted by Crippen LogP contribution is 2.24. The van der Waals surface area contributed by atoms with Crippen molar-refractivity contribution in [1.29, 1.82) is 0 Å². The van der Waals surface area contributed by atoms with Crippen molar-refractivity contribution in [2.45, 2.75) is 84.1 Å². The standard InChI is InChI=1S/C31H40N4O2/c1-4-5-6-7-8-9-10-11-12-17-29-32-22-23-34(29)24(2)30-33-28-16-14-13-15-27(28)31(36)35(30)25-18-20-26(37-3)21-19-25/h13-16,18-24H,4-12,17H2,1-3H3. The van der Waals surface area contributed by atoms with Gasteiger partial charge in [-0.05, 0) is 49.7 Å². The summed E-state index contributed by atoms with van der Waals surface area (Å²) < 4.78 is 9.23. The number of rotatable bonds is 14. The van der Waals surface area contributed by atoms with Crippen molar-refractivity contribution in [2.75, 3.05) is 7.11 Å². The lowest BCUT2D eigenvalue weighted by Gasteiger charge is -2.21. The molecule has 0 aliphatic carbocycles. The number of nitrogens with zero attached hydrogens (tertiary/aromatic N) is 4. The van der Waals surface area contributed by atoms with Gasteiger partial charge in [0, 0.05) is 18.8 Å². The number of aryl methyl sites for hydroxylation is 1. The number of ether oxygens (including phenoxy) is 1. The molecule has 6 nitrogen and oxygen atoms in total. The van der Waals surface area contributed by atoms with Gasteiger partial charge in [0.25, 0.3) is 5.56 Å². The summed E-state index contributed by atoms with van der Waals surface area (Å²) in [5, 5.41) is 0.606. The molecule has 4 aromatic rings. The second kappa shape index (κ2) is 13.2. The van der Waals surface area contributed by atoms with Crippen molar-refractivity contribution in [3.63, 3.8) is 0 Å². The quantitative estimate of drug-likeness (QED) is 0.171. The summed E-state index contributed by atoms with van der Waals surface area (Å²) >= 11 is 0. The minimum atomic E-state index is -0.157. The molecule has 2 heterocycles. The molecule has 0 bridgehead atoms. The van der Waals surface area contributed by atoms with Crippen LogP contribution in [-0.2, 0) is 6.42 Å². The predicted molar refractivity (Wildman–Crippen MR) is 151 cm³/mol. The average Bonchev–Trinajstić information content (AvgIpc) is 3.40. The number of imidazole rings is 1. The minimum absolute atomic E-state index is 0.0711. The first-order valence-corrected chi connectivity index (χ1v) is 13.8. The van der Waals surface area contributed by atoms with E-state index in [2.05, 4.69) is 23.4 Å². The Bertz CT molecular complexity index is 1320. The highest BCUT2D eigenvalue weighted by molar-refractivity contribution is 5.77. The molecule has 0 amide bonds. The summed E-state index contributed by atoms with van der Waals surface area (Å²) in [4.78, 5) is 23.3. The van der Waals surface area contributed by atoms with Gasteiger partial charge in [-0.3, -0.25) is 9.36 Å². The van der Waals surface area contributed by atoms with Crippen LogP contribution >= 0.6 is 0 Å². The van der Waals surface area contributed by atoms with E-state index in [4.69, 9.17) is 9.72 Å². The van der Waals surface area contributed by atoms with E-state index in [-0.39, 0.29) is 11.6 Å². The van der Waals surface area contributed by atoms with E-state index in [0.717, 1.165) is 30.1 Å². The van der Waals surface area contributed by atoms with Gasteiger partial charge in [-0.1, -0.05) is 70.4 Å². The Kier molecular flexibility index (Phi) is 9.52. The van der Waals surface area contributed by atoms with Crippen LogP contribution < -0.4 is 10.3 Å². The number of para-hydroxylation sites is 1. The molecule has 4 rings (SSSR count). The molecule has 0 N–H and O–H groups in total. The first-order chi connectivity index (χ1) is 18.1. The molecular weight excluding hydrogens is 460 g/mol. The molecule has 2 aromatic carbocycles. The predicted octanol–water partition coefficient (Wildman–Crippen LogP) is 7.27. The molecule has 1 atom stereocenters. The number of methoxy groups -OCH3 is 1. The Morgan fingerprint density at radius 3 is 2.27 bits per heavy atom. The van der Waals surface area contributed by atoms with Gasteiger partial charge in [-0.15, -0.1) is 0 Å². The number of hydrogen-bond acceptors (Lipinski definition) is 4. The highest BCUT2D eigenvalue weighted by atomic mass is 16.5. The Hall–Kier alpha value is -3.41. The lowest BCUT2D eigenvalue weighted by molar-refractivity contribution is 0.414. The number of aromatic nitrogens is 4. The molecule has 0 aliphatic rings. The summed E-state index contributed by atoms with van der Waals surface area (Å²) in [6.45, 7) is 4.36. The van der Waals surface area contributed by atoms with Gasteiger partial charge in [-0.25, -0.2) is 9.97 Å². The van der Waals surface area contributed by atoms with Gasteiger partial charge in [0.2, 0.25) is 0 Å². The maximum Gasteiger partial charge on any atom is 0.266 e. The van der Waals surface area contributed by atoms with Gasteiger partial charge in [0.05, 0.1) is 29.7 Å². The zero-order valence-electron chi connectivity index (χ0n) is 22.5. The maximum absolute atomic E-state index is 13.7. The number of unbranched alkanes of at least 4 members (excludes halogenated alkanes) is 8. The fourth-order valence-electron chi connectivity index (χ4n) is 5.02. The van der Waals surface area contributed by atoms with Gasteiger partial charge in [-0.2, -0.15) is 0 Å². The maximum atomic E-state index is 13.7. The van der Waals surface area contributed by atoms with Crippen LogP contribution in [0.4, 0.5) is 0 Å². The fourth-order valence-corrected chi connectivity index (χ4v) is 5.02. The van der Waals surface area contributed by atoms with E-state index in [1.165, 1.54) is 51.4 Å². The first-order valence-electron chi connectivity index (χ1n) is 13.8. The summed E-state index contributed by atoms with van der Waals surface area (Å²) in [5.74, 6) is 2.48. The Morgan fingerprint density at radius 1 is 0.892 bits per heavy atom. The molecule has 0 spiro atoms. The lowest BCUT2D eigenvalue weighted by atomic mass is 10.1. The van der Waals surface area contributed by atoms with Crippen LogP contribution in [0.15, 0.2) is 65.7 Å². The number of hydrogen-bond donors (Lipinski definition) is 0. The zero-order valence-corrected chi connectivity index (χ0v) is 22.5. The Labute approximate surface area is 220 Å². The minimum Gasteiger partial charge on any atom is -0.497 e. The molecule has 2 aromatic heterocycles. The van der Waals surface area contributed by atoms with Crippen molar-refractivity contribution in [2.24, 2.45) is 0 Å². The molecule has 0 fully saturated rings. The van der Waals surface area contributed by atoms with E-state index in [0.29, 0.717) is 16.7 Å². The van der Waals surface area contributed by atoms with Crippen LogP contribution in [0.2, 0.25) is 0 Å². The molecular formula is C31H40N4O2. The average molecular weight is 501 g/mol. The Balaban J connectivity index is 1.54. The lowest BCUT2D eigenvalue weighted by Crippen LogP contribution is -2.27. The van der Waals surface area contributed by atoms with E-state index >= 15 is 0 Å². The van der Waals surface area contributed by atoms with Gasteiger partial charge in [0.1, 0.15) is 17.4 Å². The summed E-state index contributed by atoms with van der Waals surface area (Å²) in [5.41, 5.74) is 1.41. The largest absolute Gasteiger partial charge is 0.497 e. The monoisotopic (exact) mass is 500 g/mol. The molecule has 0 radical (unpaired) electrons. The Morgan fingerprint density at radius 2 is 1.57 bits per heavy atom. The molecule has 1 unspecified atom stereocenters. The van der Waals surface area contributed by atoms with Crippen molar-refractivity contribution >= 4 is 10.9 Å². The zero-order chi connectivity index (χ0) is 26.0. The van der Waals surface area contributed by atoms with Gasteiger partial charge >= 0.3 is 0 Å². The fraction of sp³-hybridized carbons (Fsp3) is 0.452. The van der Waals surface area contributed by atoms with Crippen LogP contribution in [0, 0.1) is 0 Å². The second-order valence-corrected chi connectivity index (χ2v) is 9.83. The van der Waals surface area contributed by atoms with E-state index < -0.39 is 0 Å². The third kappa shape index (κ3) is 6.48. The van der Waals surface area contributed by atoms with Crippen molar-refractivity contribution in [3.05, 3.63) is 82.9 Å².